The summed E-state index contributed by atoms with van der Waals surface area (Å²) in [5.74, 6) is 5.93. The number of carbonyl (C=O) groups excluding carboxylic acids is 1. The van der Waals surface area contributed by atoms with Gasteiger partial charge in [0.15, 0.2) is 0 Å². The molecule has 6 heteroatoms. The smallest absolute Gasteiger partial charge is 0.270 e. The topological polar surface area (TPSA) is 89.3 Å². The Bertz CT molecular complexity index is 660. The van der Waals surface area contributed by atoms with Crippen molar-refractivity contribution in [1.29, 1.82) is 0 Å². The number of nitrogens with one attached hydrogen (secondary N) is 2. The van der Waals surface area contributed by atoms with Crippen LogP contribution in [0.1, 0.15) is 28.5 Å². The standard InChI is InChI=1S/C15H16N4O2/c16-19-10-5-7-17-13(9-10)15(20)18-12-6-8-21-14-4-2-1-3-11(12)14/h1-5,7,9,12H,6,8,16H2,(H,17,19)(H,18,20). The molecule has 0 bridgehead atoms. The number of aromatic nitrogens is 1. The third-order valence-corrected chi connectivity index (χ3v) is 3.42. The Hall–Kier alpha value is -2.60. The zero-order chi connectivity index (χ0) is 14.7. The van der Waals surface area contributed by atoms with Gasteiger partial charge in [-0.15, -0.1) is 0 Å². The molecule has 1 aromatic heterocycles. The van der Waals surface area contributed by atoms with E-state index < -0.39 is 0 Å². The first-order valence-electron chi connectivity index (χ1n) is 6.73. The summed E-state index contributed by atoms with van der Waals surface area (Å²) < 4.78 is 5.58. The van der Waals surface area contributed by atoms with Gasteiger partial charge in [0.2, 0.25) is 0 Å². The van der Waals surface area contributed by atoms with Gasteiger partial charge in [-0.2, -0.15) is 0 Å². The predicted molar refractivity (Wildman–Crippen MR) is 78.8 cm³/mol. The highest BCUT2D eigenvalue weighted by Crippen LogP contribution is 2.31. The van der Waals surface area contributed by atoms with Gasteiger partial charge in [-0.1, -0.05) is 18.2 Å². The maximum absolute atomic E-state index is 12.3. The van der Waals surface area contributed by atoms with Crippen LogP contribution in [0.4, 0.5) is 5.69 Å². The minimum Gasteiger partial charge on any atom is -0.493 e. The summed E-state index contributed by atoms with van der Waals surface area (Å²) >= 11 is 0. The van der Waals surface area contributed by atoms with Crippen LogP contribution >= 0.6 is 0 Å². The maximum Gasteiger partial charge on any atom is 0.270 e. The molecule has 1 unspecified atom stereocenters. The number of nitrogens with zero attached hydrogens (tertiary/aromatic N) is 1. The molecule has 0 fully saturated rings. The van der Waals surface area contributed by atoms with E-state index in [9.17, 15) is 4.79 Å². The first kappa shape index (κ1) is 13.4. The first-order chi connectivity index (χ1) is 10.3. The molecule has 1 atom stereocenters. The molecular weight excluding hydrogens is 268 g/mol. The minimum absolute atomic E-state index is 0.0706. The zero-order valence-corrected chi connectivity index (χ0v) is 11.4. The number of hydrogen-bond acceptors (Lipinski definition) is 5. The lowest BCUT2D eigenvalue weighted by molar-refractivity contribution is 0.0920. The van der Waals surface area contributed by atoms with Gasteiger partial charge in [0, 0.05) is 18.2 Å². The van der Waals surface area contributed by atoms with E-state index in [4.69, 9.17) is 10.6 Å². The van der Waals surface area contributed by atoms with Crippen molar-refractivity contribution >= 4 is 11.6 Å². The van der Waals surface area contributed by atoms with E-state index in [0.717, 1.165) is 17.7 Å². The molecule has 1 aromatic carbocycles. The van der Waals surface area contributed by atoms with Gasteiger partial charge in [-0.25, -0.2) is 0 Å². The molecule has 0 saturated heterocycles. The van der Waals surface area contributed by atoms with E-state index in [-0.39, 0.29) is 11.9 Å². The van der Waals surface area contributed by atoms with Gasteiger partial charge in [0.05, 0.1) is 18.3 Å². The van der Waals surface area contributed by atoms with Crippen LogP contribution in [0.25, 0.3) is 0 Å². The van der Waals surface area contributed by atoms with Crippen LogP contribution in [0.2, 0.25) is 0 Å². The Morgan fingerprint density at radius 1 is 1.33 bits per heavy atom. The quantitative estimate of drug-likeness (QED) is 0.588. The van der Waals surface area contributed by atoms with E-state index in [1.807, 2.05) is 24.3 Å². The molecule has 0 spiro atoms. The van der Waals surface area contributed by atoms with Crippen molar-refractivity contribution in [3.05, 3.63) is 53.9 Å². The van der Waals surface area contributed by atoms with Gasteiger partial charge < -0.3 is 15.5 Å². The molecule has 0 saturated carbocycles. The molecule has 2 heterocycles. The highest BCUT2D eigenvalue weighted by atomic mass is 16.5. The number of para-hydroxylation sites is 1. The largest absolute Gasteiger partial charge is 0.493 e. The van der Waals surface area contributed by atoms with E-state index >= 15 is 0 Å². The van der Waals surface area contributed by atoms with Gasteiger partial charge in [-0.05, 0) is 18.2 Å². The Balaban J connectivity index is 1.79. The number of rotatable bonds is 3. The number of fused-ring (bicyclic) bond motifs is 1. The van der Waals surface area contributed by atoms with Gasteiger partial charge in [0.25, 0.3) is 5.91 Å². The second-order valence-corrected chi connectivity index (χ2v) is 4.78. The van der Waals surface area contributed by atoms with Gasteiger partial charge >= 0.3 is 0 Å². The van der Waals surface area contributed by atoms with Crippen molar-refractivity contribution in [3.8, 4) is 5.75 Å². The summed E-state index contributed by atoms with van der Waals surface area (Å²) in [4.78, 5) is 16.4. The van der Waals surface area contributed by atoms with Crippen molar-refractivity contribution in [2.75, 3.05) is 12.0 Å². The molecule has 2 aromatic rings. The van der Waals surface area contributed by atoms with E-state index in [0.29, 0.717) is 18.0 Å². The first-order valence-corrected chi connectivity index (χ1v) is 6.73. The van der Waals surface area contributed by atoms with Crippen molar-refractivity contribution in [3.63, 3.8) is 0 Å². The number of anilines is 1. The summed E-state index contributed by atoms with van der Waals surface area (Å²) in [7, 11) is 0. The minimum atomic E-state index is -0.228. The molecule has 0 radical (unpaired) electrons. The van der Waals surface area contributed by atoms with Crippen LogP contribution in [0.3, 0.4) is 0 Å². The number of hydrogen-bond donors (Lipinski definition) is 3. The molecule has 6 nitrogen and oxygen atoms in total. The number of pyridine rings is 1. The average molecular weight is 284 g/mol. The van der Waals surface area contributed by atoms with Gasteiger partial charge in [-0.3, -0.25) is 15.6 Å². The Morgan fingerprint density at radius 2 is 2.19 bits per heavy atom. The third kappa shape index (κ3) is 2.80. The molecule has 1 aliphatic rings. The molecule has 3 rings (SSSR count). The molecule has 1 aliphatic heterocycles. The lowest BCUT2D eigenvalue weighted by Crippen LogP contribution is -2.32. The molecular formula is C15H16N4O2. The molecule has 21 heavy (non-hydrogen) atoms. The lowest BCUT2D eigenvalue weighted by Gasteiger charge is -2.26. The summed E-state index contributed by atoms with van der Waals surface area (Å²) in [6, 6.07) is 11.0. The monoisotopic (exact) mass is 284 g/mol. The van der Waals surface area contributed by atoms with Crippen LogP contribution in [0, 0.1) is 0 Å². The summed E-state index contributed by atoms with van der Waals surface area (Å²) in [6.45, 7) is 0.583. The number of hydrazine groups is 1. The SMILES string of the molecule is NNc1ccnc(C(=O)NC2CCOc3ccccc32)c1. The Labute approximate surface area is 122 Å². The highest BCUT2D eigenvalue weighted by molar-refractivity contribution is 5.93. The molecule has 108 valence electrons. The number of amides is 1. The predicted octanol–water partition coefficient (Wildman–Crippen LogP) is 1.62. The van der Waals surface area contributed by atoms with Crippen molar-refractivity contribution in [1.82, 2.24) is 10.3 Å². The van der Waals surface area contributed by atoms with Crippen LogP contribution in [0.15, 0.2) is 42.6 Å². The summed E-state index contributed by atoms with van der Waals surface area (Å²) in [6.07, 6.45) is 2.28. The van der Waals surface area contributed by atoms with Crippen LogP contribution in [0.5, 0.6) is 5.75 Å². The van der Waals surface area contributed by atoms with E-state index in [1.54, 1.807) is 18.3 Å². The fraction of sp³-hybridized carbons (Fsp3) is 0.200. The van der Waals surface area contributed by atoms with Crippen LogP contribution in [-0.2, 0) is 0 Å². The fourth-order valence-electron chi connectivity index (χ4n) is 2.37. The maximum atomic E-state index is 12.3. The van der Waals surface area contributed by atoms with Crippen molar-refractivity contribution in [2.24, 2.45) is 5.84 Å². The number of nitrogens with two attached hydrogens (primary N) is 1. The zero-order valence-electron chi connectivity index (χ0n) is 11.4. The second kappa shape index (κ2) is 5.80. The molecule has 0 aliphatic carbocycles. The Morgan fingerprint density at radius 3 is 3.05 bits per heavy atom. The average Bonchev–Trinajstić information content (AvgIpc) is 2.55. The van der Waals surface area contributed by atoms with Crippen molar-refractivity contribution in [2.45, 2.75) is 12.5 Å². The van der Waals surface area contributed by atoms with Crippen molar-refractivity contribution < 1.29 is 9.53 Å². The summed E-state index contributed by atoms with van der Waals surface area (Å²) in [5.41, 5.74) is 4.46. The van der Waals surface area contributed by atoms with E-state index in [2.05, 4.69) is 15.7 Å². The normalized spacial score (nSPS) is 16.5. The Kier molecular flexibility index (Phi) is 3.70. The van der Waals surface area contributed by atoms with E-state index in [1.165, 1.54) is 0 Å². The number of benzene rings is 1. The van der Waals surface area contributed by atoms with Crippen LogP contribution in [-0.4, -0.2) is 17.5 Å². The highest BCUT2D eigenvalue weighted by Gasteiger charge is 2.23. The van der Waals surface area contributed by atoms with Crippen LogP contribution < -0.4 is 21.3 Å². The van der Waals surface area contributed by atoms with Gasteiger partial charge in [0.1, 0.15) is 11.4 Å². The summed E-state index contributed by atoms with van der Waals surface area (Å²) in [5, 5.41) is 2.99. The number of carbonyl (C=O) groups is 1. The number of nitrogen functional groups attached to an aromatic ring is 1. The number of ether oxygens (including phenoxy) is 1. The third-order valence-electron chi connectivity index (χ3n) is 3.42. The lowest BCUT2D eigenvalue weighted by atomic mass is 10.0. The molecule has 1 amide bonds. The second-order valence-electron chi connectivity index (χ2n) is 4.78. The molecule has 4 N–H and O–H groups in total. The fourth-order valence-corrected chi connectivity index (χ4v) is 2.37.